The Labute approximate surface area is 117 Å². The Morgan fingerprint density at radius 1 is 1.35 bits per heavy atom. The summed E-state index contributed by atoms with van der Waals surface area (Å²) in [7, 11) is 0. The molecular formula is C14H19N5O. The molecule has 20 heavy (non-hydrogen) atoms. The van der Waals surface area contributed by atoms with E-state index in [2.05, 4.69) is 15.6 Å². The summed E-state index contributed by atoms with van der Waals surface area (Å²) in [4.78, 5) is 0. The van der Waals surface area contributed by atoms with Crippen LogP contribution in [0.3, 0.4) is 0 Å². The van der Waals surface area contributed by atoms with Crippen molar-refractivity contribution in [3.8, 4) is 0 Å². The summed E-state index contributed by atoms with van der Waals surface area (Å²) < 4.78 is 1.86. The Hall–Kier alpha value is -2.34. The van der Waals surface area contributed by atoms with Gasteiger partial charge >= 0.3 is 0 Å². The predicted molar refractivity (Wildman–Crippen MR) is 77.7 cm³/mol. The van der Waals surface area contributed by atoms with Crippen LogP contribution in [0.25, 0.3) is 0 Å². The van der Waals surface area contributed by atoms with Gasteiger partial charge in [-0.25, -0.2) is 0 Å². The zero-order chi connectivity index (χ0) is 14.2. The number of aromatic nitrogens is 2. The third-order valence-corrected chi connectivity index (χ3v) is 3.10. The summed E-state index contributed by atoms with van der Waals surface area (Å²) in [6, 6.07) is 11.7. The lowest BCUT2D eigenvalue weighted by Gasteiger charge is -2.16. The van der Waals surface area contributed by atoms with Crippen LogP contribution in [0.4, 0.5) is 0 Å². The van der Waals surface area contributed by atoms with E-state index in [1.807, 2.05) is 47.3 Å². The Morgan fingerprint density at radius 2 is 2.15 bits per heavy atom. The van der Waals surface area contributed by atoms with E-state index in [0.717, 1.165) is 18.7 Å². The molecule has 2 rings (SSSR count). The van der Waals surface area contributed by atoms with E-state index < -0.39 is 0 Å². The van der Waals surface area contributed by atoms with Crippen molar-refractivity contribution in [3.05, 3.63) is 54.4 Å². The molecule has 0 bridgehead atoms. The van der Waals surface area contributed by atoms with Gasteiger partial charge in [0, 0.05) is 25.5 Å². The van der Waals surface area contributed by atoms with Crippen LogP contribution in [0.1, 0.15) is 11.5 Å². The van der Waals surface area contributed by atoms with E-state index in [4.69, 9.17) is 10.9 Å². The van der Waals surface area contributed by atoms with Gasteiger partial charge < -0.3 is 16.3 Å². The highest BCUT2D eigenvalue weighted by Crippen LogP contribution is 2.14. The quantitative estimate of drug-likeness (QED) is 0.231. The zero-order valence-electron chi connectivity index (χ0n) is 11.2. The smallest absolute Gasteiger partial charge is 0.147 e. The molecule has 0 saturated heterocycles. The normalized spacial score (nSPS) is 13.3. The molecular weight excluding hydrogens is 254 g/mol. The van der Waals surface area contributed by atoms with Gasteiger partial charge in [-0.2, -0.15) is 5.10 Å². The number of nitrogens with one attached hydrogen (secondary N) is 1. The molecule has 0 radical (unpaired) electrons. The molecule has 1 atom stereocenters. The lowest BCUT2D eigenvalue weighted by molar-refractivity contribution is 0.315. The molecule has 6 nitrogen and oxygen atoms in total. The fraction of sp³-hybridized carbons (Fsp3) is 0.286. The number of rotatable bonds is 7. The maximum Gasteiger partial charge on any atom is 0.147 e. The summed E-state index contributed by atoms with van der Waals surface area (Å²) in [5.41, 5.74) is 6.79. The first-order chi connectivity index (χ1) is 9.81. The zero-order valence-corrected chi connectivity index (χ0v) is 11.2. The fourth-order valence-corrected chi connectivity index (χ4v) is 2.02. The van der Waals surface area contributed by atoms with Gasteiger partial charge in [0.2, 0.25) is 0 Å². The van der Waals surface area contributed by atoms with Crippen LogP contribution in [0.2, 0.25) is 0 Å². The minimum Gasteiger partial charge on any atom is -0.409 e. The third-order valence-electron chi connectivity index (χ3n) is 3.10. The summed E-state index contributed by atoms with van der Waals surface area (Å²) >= 11 is 0. The number of nitrogens with zero attached hydrogens (tertiary/aromatic N) is 3. The van der Waals surface area contributed by atoms with Crippen LogP contribution < -0.4 is 11.1 Å². The highest BCUT2D eigenvalue weighted by molar-refractivity contribution is 5.87. The van der Waals surface area contributed by atoms with Crippen molar-refractivity contribution in [2.75, 3.05) is 13.1 Å². The SMILES string of the molecule is NC(=NO)C(CNCCn1cccn1)c1ccccc1. The van der Waals surface area contributed by atoms with Crippen LogP contribution in [0.15, 0.2) is 53.9 Å². The van der Waals surface area contributed by atoms with Gasteiger partial charge in [0.25, 0.3) is 0 Å². The largest absolute Gasteiger partial charge is 0.409 e. The summed E-state index contributed by atoms with van der Waals surface area (Å²) in [5.74, 6) is 0.0709. The molecule has 6 heteroatoms. The van der Waals surface area contributed by atoms with Gasteiger partial charge in [-0.3, -0.25) is 4.68 Å². The molecule has 1 heterocycles. The highest BCUT2D eigenvalue weighted by Gasteiger charge is 2.15. The van der Waals surface area contributed by atoms with Gasteiger partial charge in [-0.05, 0) is 11.6 Å². The molecule has 4 N–H and O–H groups in total. The second-order valence-electron chi connectivity index (χ2n) is 4.46. The molecule has 0 aliphatic carbocycles. The second-order valence-corrected chi connectivity index (χ2v) is 4.46. The Bertz CT molecular complexity index is 524. The number of hydrogen-bond donors (Lipinski definition) is 3. The Kier molecular flexibility index (Phi) is 5.14. The lowest BCUT2D eigenvalue weighted by atomic mass is 9.98. The van der Waals surface area contributed by atoms with Gasteiger partial charge in [0.15, 0.2) is 0 Å². The molecule has 1 aromatic carbocycles. The fourth-order valence-electron chi connectivity index (χ4n) is 2.02. The van der Waals surface area contributed by atoms with Crippen LogP contribution in [0.5, 0.6) is 0 Å². The lowest BCUT2D eigenvalue weighted by Crippen LogP contribution is -2.33. The number of hydrogen-bond acceptors (Lipinski definition) is 4. The molecule has 0 saturated carbocycles. The van der Waals surface area contributed by atoms with Gasteiger partial charge in [-0.1, -0.05) is 35.5 Å². The maximum atomic E-state index is 8.89. The predicted octanol–water partition coefficient (Wildman–Crippen LogP) is 1.00. The average molecular weight is 273 g/mol. The molecule has 0 fully saturated rings. The van der Waals surface area contributed by atoms with Crippen LogP contribution >= 0.6 is 0 Å². The van der Waals surface area contributed by atoms with E-state index in [9.17, 15) is 0 Å². The number of oxime groups is 1. The monoisotopic (exact) mass is 273 g/mol. The van der Waals surface area contributed by atoms with Crippen LogP contribution in [0, 0.1) is 0 Å². The average Bonchev–Trinajstić information content (AvgIpc) is 3.01. The number of nitrogens with two attached hydrogens (primary N) is 1. The van der Waals surface area contributed by atoms with Crippen molar-refractivity contribution >= 4 is 5.84 Å². The third kappa shape index (κ3) is 3.83. The van der Waals surface area contributed by atoms with E-state index in [0.29, 0.717) is 6.54 Å². The van der Waals surface area contributed by atoms with E-state index in [1.165, 1.54) is 0 Å². The van der Waals surface area contributed by atoms with Crippen LogP contribution in [-0.4, -0.2) is 33.9 Å². The van der Waals surface area contributed by atoms with Crippen molar-refractivity contribution < 1.29 is 5.21 Å². The number of amidine groups is 1. The second kappa shape index (κ2) is 7.30. The highest BCUT2D eigenvalue weighted by atomic mass is 16.4. The summed E-state index contributed by atoms with van der Waals surface area (Å²) in [5, 5.41) is 19.5. The van der Waals surface area contributed by atoms with Crippen molar-refractivity contribution in [2.24, 2.45) is 10.9 Å². The van der Waals surface area contributed by atoms with Crippen molar-refractivity contribution in [1.29, 1.82) is 0 Å². The summed E-state index contributed by atoms with van der Waals surface area (Å²) in [6.07, 6.45) is 3.67. The summed E-state index contributed by atoms with van der Waals surface area (Å²) in [6.45, 7) is 2.16. The van der Waals surface area contributed by atoms with Crippen molar-refractivity contribution in [3.63, 3.8) is 0 Å². The van der Waals surface area contributed by atoms with Crippen LogP contribution in [-0.2, 0) is 6.54 Å². The molecule has 0 amide bonds. The van der Waals surface area contributed by atoms with Gasteiger partial charge in [0.05, 0.1) is 12.5 Å². The van der Waals surface area contributed by atoms with Crippen molar-refractivity contribution in [1.82, 2.24) is 15.1 Å². The maximum absolute atomic E-state index is 8.89. The molecule has 0 aliphatic rings. The van der Waals surface area contributed by atoms with E-state index in [1.54, 1.807) is 6.20 Å². The topological polar surface area (TPSA) is 88.5 Å². The Balaban J connectivity index is 1.89. The van der Waals surface area contributed by atoms with E-state index >= 15 is 0 Å². The minimum absolute atomic E-state index is 0.140. The first-order valence-corrected chi connectivity index (χ1v) is 6.51. The van der Waals surface area contributed by atoms with Gasteiger partial charge in [0.1, 0.15) is 5.84 Å². The first-order valence-electron chi connectivity index (χ1n) is 6.51. The first kappa shape index (κ1) is 14.1. The van der Waals surface area contributed by atoms with Gasteiger partial charge in [-0.15, -0.1) is 0 Å². The minimum atomic E-state index is -0.140. The Morgan fingerprint density at radius 3 is 2.80 bits per heavy atom. The molecule has 0 spiro atoms. The molecule has 1 aromatic heterocycles. The standard InChI is InChI=1S/C14H19N5O/c15-14(18-20)13(12-5-2-1-3-6-12)11-16-8-10-19-9-4-7-17-19/h1-7,9,13,16,20H,8,10-11H2,(H2,15,18). The van der Waals surface area contributed by atoms with E-state index in [-0.39, 0.29) is 11.8 Å². The molecule has 1 unspecified atom stereocenters. The molecule has 0 aliphatic heterocycles. The number of benzene rings is 1. The van der Waals surface area contributed by atoms with Crippen molar-refractivity contribution in [2.45, 2.75) is 12.5 Å². The molecule has 106 valence electrons. The molecule has 2 aromatic rings.